The van der Waals surface area contributed by atoms with Gasteiger partial charge in [-0.1, -0.05) is 17.7 Å². The van der Waals surface area contributed by atoms with Crippen molar-refractivity contribution in [3.05, 3.63) is 42.0 Å². The minimum atomic E-state index is 0.380. The molecule has 1 aromatic heterocycles. The Morgan fingerprint density at radius 3 is 1.96 bits per heavy atom. The normalized spacial score (nSPS) is 10.5. The third-order valence-corrected chi connectivity index (χ3v) is 3.60. The number of hydrogen-bond donors (Lipinski definition) is 0. The van der Waals surface area contributed by atoms with Gasteiger partial charge in [-0.3, -0.25) is 0 Å². The molecule has 6 heteroatoms. The molecular weight excluding hydrogens is 308 g/mol. The Bertz CT molecular complexity index is 833. The first-order valence-corrected chi connectivity index (χ1v) is 7.37. The molecule has 0 spiro atoms. The van der Waals surface area contributed by atoms with E-state index in [0.29, 0.717) is 34.6 Å². The number of aromatic nitrogens is 2. The average Bonchev–Trinajstić information content (AvgIpc) is 3.10. The van der Waals surface area contributed by atoms with E-state index in [1.165, 1.54) is 0 Å². The molecule has 2 aromatic carbocycles. The predicted molar refractivity (Wildman–Crippen MR) is 89.6 cm³/mol. The van der Waals surface area contributed by atoms with E-state index in [2.05, 4.69) is 10.2 Å². The van der Waals surface area contributed by atoms with Gasteiger partial charge in [-0.15, -0.1) is 10.2 Å². The largest absolute Gasteiger partial charge is 0.493 e. The van der Waals surface area contributed by atoms with Crippen molar-refractivity contribution in [1.82, 2.24) is 10.2 Å². The van der Waals surface area contributed by atoms with Crippen LogP contribution in [-0.4, -0.2) is 31.5 Å². The van der Waals surface area contributed by atoms with E-state index >= 15 is 0 Å². The second-order valence-corrected chi connectivity index (χ2v) is 5.20. The Balaban J connectivity index is 2.04. The molecule has 0 N–H and O–H groups in total. The Morgan fingerprint density at radius 1 is 0.792 bits per heavy atom. The van der Waals surface area contributed by atoms with E-state index in [1.807, 2.05) is 31.2 Å². The summed E-state index contributed by atoms with van der Waals surface area (Å²) in [5.41, 5.74) is 2.69. The number of ether oxygens (including phenoxy) is 3. The van der Waals surface area contributed by atoms with E-state index in [9.17, 15) is 0 Å². The second kappa shape index (κ2) is 6.62. The molecule has 0 bridgehead atoms. The zero-order chi connectivity index (χ0) is 17.1. The standard InChI is InChI=1S/C18H18N2O4/c1-11-6-5-7-12(8-11)17-19-20-18(24-17)13-9-14(21-2)16(23-4)15(10-13)22-3/h5-10H,1-4H3. The van der Waals surface area contributed by atoms with Crippen molar-refractivity contribution >= 4 is 0 Å². The lowest BCUT2D eigenvalue weighted by molar-refractivity contribution is 0.324. The van der Waals surface area contributed by atoms with Crippen LogP contribution in [0.2, 0.25) is 0 Å². The highest BCUT2D eigenvalue weighted by atomic mass is 16.5. The van der Waals surface area contributed by atoms with Crippen LogP contribution in [0.25, 0.3) is 22.9 Å². The molecule has 1 heterocycles. The van der Waals surface area contributed by atoms with Crippen LogP contribution in [0.4, 0.5) is 0 Å². The Labute approximate surface area is 140 Å². The zero-order valence-electron chi connectivity index (χ0n) is 14.0. The molecule has 0 unspecified atom stereocenters. The molecule has 0 saturated carbocycles. The van der Waals surface area contributed by atoms with Gasteiger partial charge in [0.1, 0.15) is 0 Å². The first-order valence-electron chi connectivity index (χ1n) is 7.37. The molecule has 0 radical (unpaired) electrons. The quantitative estimate of drug-likeness (QED) is 0.711. The average molecular weight is 326 g/mol. The van der Waals surface area contributed by atoms with Crippen molar-refractivity contribution in [2.75, 3.05) is 21.3 Å². The van der Waals surface area contributed by atoms with Gasteiger partial charge in [0, 0.05) is 11.1 Å². The highest BCUT2D eigenvalue weighted by molar-refractivity contribution is 5.66. The summed E-state index contributed by atoms with van der Waals surface area (Å²) in [7, 11) is 4.68. The van der Waals surface area contributed by atoms with Crippen LogP contribution < -0.4 is 14.2 Å². The monoisotopic (exact) mass is 326 g/mol. The van der Waals surface area contributed by atoms with Crippen LogP contribution >= 0.6 is 0 Å². The summed E-state index contributed by atoms with van der Waals surface area (Å²) in [5, 5.41) is 8.26. The van der Waals surface area contributed by atoms with Crippen LogP contribution in [0.5, 0.6) is 17.2 Å². The lowest BCUT2D eigenvalue weighted by Gasteiger charge is -2.12. The summed E-state index contributed by atoms with van der Waals surface area (Å²) < 4.78 is 21.8. The van der Waals surface area contributed by atoms with Gasteiger partial charge < -0.3 is 18.6 Å². The highest BCUT2D eigenvalue weighted by Gasteiger charge is 2.18. The molecule has 0 aliphatic rings. The molecule has 3 rings (SSSR count). The lowest BCUT2D eigenvalue weighted by Crippen LogP contribution is -1.95. The van der Waals surface area contributed by atoms with Crippen molar-refractivity contribution < 1.29 is 18.6 Å². The summed E-state index contributed by atoms with van der Waals surface area (Å²) >= 11 is 0. The fourth-order valence-electron chi connectivity index (χ4n) is 2.44. The van der Waals surface area contributed by atoms with E-state index in [1.54, 1.807) is 33.5 Å². The van der Waals surface area contributed by atoms with Crippen molar-refractivity contribution in [2.24, 2.45) is 0 Å². The Kier molecular flexibility index (Phi) is 4.37. The van der Waals surface area contributed by atoms with Gasteiger partial charge in [-0.25, -0.2) is 0 Å². The van der Waals surface area contributed by atoms with Gasteiger partial charge in [-0.05, 0) is 31.2 Å². The van der Waals surface area contributed by atoms with E-state index < -0.39 is 0 Å². The topological polar surface area (TPSA) is 66.6 Å². The third kappa shape index (κ3) is 2.90. The third-order valence-electron chi connectivity index (χ3n) is 3.60. The molecular formula is C18H18N2O4. The van der Waals surface area contributed by atoms with Gasteiger partial charge in [0.2, 0.25) is 17.5 Å². The number of aryl methyl sites for hydroxylation is 1. The van der Waals surface area contributed by atoms with Crippen molar-refractivity contribution in [3.63, 3.8) is 0 Å². The van der Waals surface area contributed by atoms with Crippen molar-refractivity contribution in [2.45, 2.75) is 6.92 Å². The molecule has 0 aliphatic heterocycles. The fraction of sp³-hybridized carbons (Fsp3) is 0.222. The number of nitrogens with zero attached hydrogens (tertiary/aromatic N) is 2. The molecule has 0 atom stereocenters. The summed E-state index contributed by atoms with van der Waals surface area (Å²) in [6.45, 7) is 2.01. The number of rotatable bonds is 5. The highest BCUT2D eigenvalue weighted by Crippen LogP contribution is 2.41. The number of benzene rings is 2. The first kappa shape index (κ1) is 15.9. The second-order valence-electron chi connectivity index (χ2n) is 5.20. The summed E-state index contributed by atoms with van der Waals surface area (Å²) in [6.07, 6.45) is 0. The minimum Gasteiger partial charge on any atom is -0.493 e. The predicted octanol–water partition coefficient (Wildman–Crippen LogP) is 3.74. The minimum absolute atomic E-state index is 0.380. The Morgan fingerprint density at radius 2 is 1.42 bits per heavy atom. The summed E-state index contributed by atoms with van der Waals surface area (Å²) in [4.78, 5) is 0. The summed E-state index contributed by atoms with van der Waals surface area (Å²) in [5.74, 6) is 2.42. The lowest BCUT2D eigenvalue weighted by atomic mass is 10.1. The van der Waals surface area contributed by atoms with E-state index in [0.717, 1.165) is 11.1 Å². The molecule has 124 valence electrons. The zero-order valence-corrected chi connectivity index (χ0v) is 14.0. The smallest absolute Gasteiger partial charge is 0.248 e. The summed E-state index contributed by atoms with van der Waals surface area (Å²) in [6, 6.07) is 11.4. The van der Waals surface area contributed by atoms with Gasteiger partial charge in [0.05, 0.1) is 21.3 Å². The first-order chi connectivity index (χ1) is 11.7. The fourth-order valence-corrected chi connectivity index (χ4v) is 2.44. The van der Waals surface area contributed by atoms with Crippen LogP contribution in [-0.2, 0) is 0 Å². The van der Waals surface area contributed by atoms with Crippen molar-refractivity contribution in [3.8, 4) is 40.2 Å². The van der Waals surface area contributed by atoms with E-state index in [-0.39, 0.29) is 0 Å². The van der Waals surface area contributed by atoms with Crippen LogP contribution in [0.3, 0.4) is 0 Å². The maximum Gasteiger partial charge on any atom is 0.248 e. The van der Waals surface area contributed by atoms with Crippen molar-refractivity contribution in [1.29, 1.82) is 0 Å². The maximum atomic E-state index is 5.81. The van der Waals surface area contributed by atoms with E-state index in [4.69, 9.17) is 18.6 Å². The van der Waals surface area contributed by atoms with Gasteiger partial charge >= 0.3 is 0 Å². The van der Waals surface area contributed by atoms with Gasteiger partial charge in [-0.2, -0.15) is 0 Å². The molecule has 24 heavy (non-hydrogen) atoms. The van der Waals surface area contributed by atoms with Crippen LogP contribution in [0.15, 0.2) is 40.8 Å². The van der Waals surface area contributed by atoms with Gasteiger partial charge in [0.15, 0.2) is 11.5 Å². The molecule has 6 nitrogen and oxygen atoms in total. The van der Waals surface area contributed by atoms with Crippen LogP contribution in [0.1, 0.15) is 5.56 Å². The Hall–Kier alpha value is -3.02. The number of methoxy groups -OCH3 is 3. The molecule has 0 aliphatic carbocycles. The number of hydrogen-bond acceptors (Lipinski definition) is 6. The van der Waals surface area contributed by atoms with Gasteiger partial charge in [0.25, 0.3) is 0 Å². The molecule has 0 fully saturated rings. The maximum absolute atomic E-state index is 5.81. The SMILES string of the molecule is COc1cc(-c2nnc(-c3cccc(C)c3)o2)cc(OC)c1OC. The molecule has 3 aromatic rings. The molecule has 0 saturated heterocycles. The van der Waals surface area contributed by atoms with Crippen LogP contribution in [0, 0.1) is 6.92 Å². The molecule has 0 amide bonds.